The fraction of sp³-hybridized carbons (Fsp3) is 0.111. The molecule has 0 spiro atoms. The minimum atomic E-state index is -0.0730. The van der Waals surface area contributed by atoms with Crippen molar-refractivity contribution in [2.75, 3.05) is 7.11 Å². The molecule has 1 N–H and O–H groups in total. The fourth-order valence-electron chi connectivity index (χ4n) is 0.751. The second kappa shape index (κ2) is 3.66. The number of hydrogen-bond donors (Lipinski definition) is 1. The van der Waals surface area contributed by atoms with Gasteiger partial charge in [0.15, 0.2) is 0 Å². The van der Waals surface area contributed by atoms with Crippen LogP contribution in [0, 0.1) is 0 Å². The summed E-state index contributed by atoms with van der Waals surface area (Å²) in [6.45, 7) is 0. The number of rotatable bonds is 2. The van der Waals surface area contributed by atoms with Gasteiger partial charge in [-0.15, -0.1) is 0 Å². The molecule has 0 fully saturated rings. The highest BCUT2D eigenvalue weighted by Crippen LogP contribution is 2.03. The van der Waals surface area contributed by atoms with Crippen molar-refractivity contribution in [2.24, 2.45) is 0 Å². The van der Waals surface area contributed by atoms with E-state index in [2.05, 4.69) is 4.74 Å². The molecule has 58 valence electrons. The van der Waals surface area contributed by atoms with Gasteiger partial charge < -0.3 is 9.84 Å². The van der Waals surface area contributed by atoms with Gasteiger partial charge in [0, 0.05) is 6.08 Å². The van der Waals surface area contributed by atoms with E-state index in [0.717, 1.165) is 5.56 Å². The maximum Gasteiger partial charge on any atom is 0.276 e. The van der Waals surface area contributed by atoms with E-state index in [-0.39, 0.29) is 5.95 Å². The van der Waals surface area contributed by atoms with Gasteiger partial charge in [-0.3, -0.25) is 0 Å². The Hall–Kier alpha value is -1.44. The molecular formula is C9H10O2. The summed E-state index contributed by atoms with van der Waals surface area (Å²) < 4.78 is 4.57. The van der Waals surface area contributed by atoms with Gasteiger partial charge in [-0.05, 0) is 5.56 Å². The van der Waals surface area contributed by atoms with Crippen molar-refractivity contribution in [1.29, 1.82) is 0 Å². The van der Waals surface area contributed by atoms with Crippen LogP contribution in [0.4, 0.5) is 0 Å². The van der Waals surface area contributed by atoms with Crippen LogP contribution < -0.4 is 0 Å². The summed E-state index contributed by atoms with van der Waals surface area (Å²) in [5.41, 5.74) is 0.923. The maximum atomic E-state index is 8.95. The van der Waals surface area contributed by atoms with Gasteiger partial charge >= 0.3 is 0 Å². The molecule has 0 atom stereocenters. The van der Waals surface area contributed by atoms with Gasteiger partial charge in [-0.25, -0.2) is 0 Å². The lowest BCUT2D eigenvalue weighted by atomic mass is 10.2. The molecule has 11 heavy (non-hydrogen) atoms. The van der Waals surface area contributed by atoms with E-state index in [1.807, 2.05) is 30.3 Å². The Labute approximate surface area is 65.7 Å². The van der Waals surface area contributed by atoms with Gasteiger partial charge in [0.05, 0.1) is 7.11 Å². The van der Waals surface area contributed by atoms with Crippen molar-refractivity contribution in [2.45, 2.75) is 0 Å². The number of hydrogen-bond acceptors (Lipinski definition) is 2. The Bertz CT molecular complexity index is 239. The van der Waals surface area contributed by atoms with Crippen molar-refractivity contribution in [3.8, 4) is 0 Å². The summed E-state index contributed by atoms with van der Waals surface area (Å²) >= 11 is 0. The lowest BCUT2D eigenvalue weighted by Gasteiger charge is -1.95. The van der Waals surface area contributed by atoms with Gasteiger partial charge in [-0.2, -0.15) is 0 Å². The molecule has 0 bridgehead atoms. The molecule has 0 amide bonds. The van der Waals surface area contributed by atoms with Crippen LogP contribution in [0.15, 0.2) is 36.3 Å². The monoisotopic (exact) mass is 150 g/mol. The Balaban J connectivity index is 2.79. The Morgan fingerprint density at radius 3 is 2.55 bits per heavy atom. The van der Waals surface area contributed by atoms with Crippen LogP contribution in [0.2, 0.25) is 0 Å². The third kappa shape index (κ3) is 2.34. The van der Waals surface area contributed by atoms with Crippen LogP contribution in [0.1, 0.15) is 5.56 Å². The molecule has 0 aliphatic rings. The molecule has 0 aliphatic carbocycles. The van der Waals surface area contributed by atoms with Crippen LogP contribution in [-0.2, 0) is 4.74 Å². The van der Waals surface area contributed by atoms with E-state index in [0.29, 0.717) is 0 Å². The number of aliphatic hydroxyl groups excluding tert-OH is 1. The normalized spacial score (nSPS) is 11.2. The van der Waals surface area contributed by atoms with Crippen LogP contribution in [0.25, 0.3) is 6.08 Å². The fourth-order valence-corrected chi connectivity index (χ4v) is 0.751. The first-order valence-electron chi connectivity index (χ1n) is 3.32. The van der Waals surface area contributed by atoms with Crippen molar-refractivity contribution in [3.05, 3.63) is 41.8 Å². The van der Waals surface area contributed by atoms with E-state index < -0.39 is 0 Å². The van der Waals surface area contributed by atoms with Crippen LogP contribution in [0.3, 0.4) is 0 Å². The molecular weight excluding hydrogens is 140 g/mol. The second-order valence-corrected chi connectivity index (χ2v) is 2.10. The maximum absolute atomic E-state index is 8.95. The van der Waals surface area contributed by atoms with Crippen LogP contribution in [0.5, 0.6) is 0 Å². The van der Waals surface area contributed by atoms with E-state index in [9.17, 15) is 0 Å². The van der Waals surface area contributed by atoms with Crippen LogP contribution >= 0.6 is 0 Å². The zero-order valence-electron chi connectivity index (χ0n) is 6.32. The standard InChI is InChI=1S/C9H10O2/c1-11-9(10)7-8-5-3-2-4-6-8/h2-7,10H,1H3/b9-7+. The molecule has 0 aromatic heterocycles. The van der Waals surface area contributed by atoms with Gasteiger partial charge in [0.25, 0.3) is 5.95 Å². The molecule has 1 aromatic rings. The van der Waals surface area contributed by atoms with E-state index >= 15 is 0 Å². The number of aliphatic hydroxyl groups is 1. The van der Waals surface area contributed by atoms with Crippen molar-refractivity contribution >= 4 is 6.08 Å². The summed E-state index contributed by atoms with van der Waals surface area (Å²) in [6.07, 6.45) is 1.56. The average molecular weight is 150 g/mol. The highest BCUT2D eigenvalue weighted by atomic mass is 16.6. The number of ether oxygens (including phenoxy) is 1. The highest BCUT2D eigenvalue weighted by Gasteiger charge is 1.89. The molecule has 0 radical (unpaired) electrons. The minimum absolute atomic E-state index is 0.0730. The topological polar surface area (TPSA) is 29.5 Å². The number of methoxy groups -OCH3 is 1. The molecule has 2 nitrogen and oxygen atoms in total. The van der Waals surface area contributed by atoms with Crippen molar-refractivity contribution in [1.82, 2.24) is 0 Å². The third-order valence-electron chi connectivity index (χ3n) is 1.30. The molecule has 0 saturated heterocycles. The SMILES string of the molecule is CO/C(O)=C/c1ccccc1. The predicted octanol–water partition coefficient (Wildman–Crippen LogP) is 2.19. The average Bonchev–Trinajstić information content (AvgIpc) is 2.06. The molecule has 2 heteroatoms. The van der Waals surface area contributed by atoms with Crippen molar-refractivity contribution in [3.63, 3.8) is 0 Å². The highest BCUT2D eigenvalue weighted by molar-refractivity contribution is 5.49. The predicted molar refractivity (Wildman–Crippen MR) is 44.1 cm³/mol. The summed E-state index contributed by atoms with van der Waals surface area (Å²) in [5.74, 6) is -0.0730. The largest absolute Gasteiger partial charge is 0.481 e. The van der Waals surface area contributed by atoms with E-state index in [4.69, 9.17) is 5.11 Å². The first-order chi connectivity index (χ1) is 5.33. The Morgan fingerprint density at radius 1 is 1.36 bits per heavy atom. The molecule has 1 rings (SSSR count). The molecule has 0 heterocycles. The summed E-state index contributed by atoms with van der Waals surface area (Å²) in [5, 5.41) is 8.95. The molecule has 1 aromatic carbocycles. The summed E-state index contributed by atoms with van der Waals surface area (Å²) in [6, 6.07) is 9.48. The summed E-state index contributed by atoms with van der Waals surface area (Å²) in [4.78, 5) is 0. The third-order valence-corrected chi connectivity index (χ3v) is 1.30. The first-order valence-corrected chi connectivity index (χ1v) is 3.32. The van der Waals surface area contributed by atoms with E-state index in [1.54, 1.807) is 6.08 Å². The Morgan fingerprint density at radius 2 is 2.00 bits per heavy atom. The second-order valence-electron chi connectivity index (χ2n) is 2.10. The lowest BCUT2D eigenvalue weighted by Crippen LogP contribution is -1.82. The van der Waals surface area contributed by atoms with Gasteiger partial charge in [0.2, 0.25) is 0 Å². The number of benzene rings is 1. The minimum Gasteiger partial charge on any atom is -0.481 e. The molecule has 0 aliphatic heterocycles. The zero-order valence-corrected chi connectivity index (χ0v) is 6.32. The van der Waals surface area contributed by atoms with Gasteiger partial charge in [0.1, 0.15) is 0 Å². The summed E-state index contributed by atoms with van der Waals surface area (Å²) in [7, 11) is 1.43. The zero-order chi connectivity index (χ0) is 8.10. The molecule has 0 saturated carbocycles. The molecule has 0 unspecified atom stereocenters. The first kappa shape index (κ1) is 7.66. The van der Waals surface area contributed by atoms with Crippen LogP contribution in [-0.4, -0.2) is 12.2 Å². The Kier molecular flexibility index (Phi) is 2.55. The van der Waals surface area contributed by atoms with Crippen molar-refractivity contribution < 1.29 is 9.84 Å². The lowest BCUT2D eigenvalue weighted by molar-refractivity contribution is 0.141. The van der Waals surface area contributed by atoms with Gasteiger partial charge in [-0.1, -0.05) is 30.3 Å². The quantitative estimate of drug-likeness (QED) is 0.655. The smallest absolute Gasteiger partial charge is 0.276 e. The van der Waals surface area contributed by atoms with E-state index in [1.165, 1.54) is 7.11 Å².